The summed E-state index contributed by atoms with van der Waals surface area (Å²) in [5, 5.41) is 15.7. The minimum absolute atomic E-state index is 0.0144. The van der Waals surface area contributed by atoms with Crippen molar-refractivity contribution in [2.75, 3.05) is 39.6 Å². The monoisotopic (exact) mass is 386 g/mol. The largest absolute Gasteiger partial charge is 0.493 e. The molecular formula is C17H26N2O6S. The number of aliphatic hydroxyl groups is 1. The van der Waals surface area contributed by atoms with Crippen molar-refractivity contribution in [1.29, 1.82) is 0 Å². The van der Waals surface area contributed by atoms with E-state index in [2.05, 4.69) is 0 Å². The molecule has 0 aromatic heterocycles. The molecule has 0 radical (unpaired) electrons. The van der Waals surface area contributed by atoms with E-state index in [-0.39, 0.29) is 12.5 Å². The molecule has 1 aromatic rings. The standard InChI is InChI=1S/C17H26N2O6S/c1-24-15-5-3-4-14(17(15)25-2)16(21)12-6-8-19(9-7-12)10-13(20)11-26(18,22)23/h3-5,12,16,21H,6-11H2,1-2H3,(H2,18,22,23). The maximum atomic E-state index is 11.7. The fraction of sp³-hybridized carbons (Fsp3) is 0.588. The Kier molecular flexibility index (Phi) is 6.99. The highest BCUT2D eigenvalue weighted by molar-refractivity contribution is 7.89. The molecule has 26 heavy (non-hydrogen) atoms. The molecule has 1 fully saturated rings. The summed E-state index contributed by atoms with van der Waals surface area (Å²) in [6.45, 7) is 1.26. The van der Waals surface area contributed by atoms with E-state index in [1.54, 1.807) is 19.2 Å². The number of sulfonamides is 1. The predicted octanol–water partition coefficient (Wildman–Crippen LogP) is 0.307. The lowest BCUT2D eigenvalue weighted by atomic mass is 9.87. The van der Waals surface area contributed by atoms with Crippen LogP contribution in [0.3, 0.4) is 0 Å². The van der Waals surface area contributed by atoms with Crippen LogP contribution in [-0.4, -0.2) is 63.8 Å². The summed E-state index contributed by atoms with van der Waals surface area (Å²) < 4.78 is 32.6. The Morgan fingerprint density at radius 2 is 1.96 bits per heavy atom. The zero-order chi connectivity index (χ0) is 19.3. The van der Waals surface area contributed by atoms with Gasteiger partial charge in [-0.3, -0.25) is 9.69 Å². The number of primary sulfonamides is 1. The number of piperidine rings is 1. The Morgan fingerprint density at radius 3 is 2.50 bits per heavy atom. The van der Waals surface area contributed by atoms with E-state index in [4.69, 9.17) is 14.6 Å². The van der Waals surface area contributed by atoms with E-state index in [1.165, 1.54) is 7.11 Å². The van der Waals surface area contributed by atoms with Gasteiger partial charge in [0.1, 0.15) is 5.75 Å². The van der Waals surface area contributed by atoms with E-state index in [0.717, 1.165) is 0 Å². The molecule has 1 heterocycles. The molecule has 9 heteroatoms. The summed E-state index contributed by atoms with van der Waals surface area (Å²) in [7, 11) is -0.708. The van der Waals surface area contributed by atoms with Crippen molar-refractivity contribution in [1.82, 2.24) is 4.90 Å². The highest BCUT2D eigenvalue weighted by atomic mass is 32.2. The first-order valence-electron chi connectivity index (χ1n) is 8.38. The molecule has 0 aliphatic carbocycles. The summed E-state index contributed by atoms with van der Waals surface area (Å²) in [6.07, 6.45) is 0.663. The lowest BCUT2D eigenvalue weighted by Gasteiger charge is -2.34. The molecule has 2 rings (SSSR count). The number of nitrogens with two attached hydrogens (primary N) is 1. The van der Waals surface area contributed by atoms with Gasteiger partial charge in [-0.1, -0.05) is 12.1 Å². The van der Waals surface area contributed by atoms with Crippen molar-refractivity contribution >= 4 is 15.8 Å². The van der Waals surface area contributed by atoms with Crippen LogP contribution in [-0.2, 0) is 14.8 Å². The minimum atomic E-state index is -3.79. The van der Waals surface area contributed by atoms with Crippen molar-refractivity contribution in [2.24, 2.45) is 11.1 Å². The number of hydrogen-bond acceptors (Lipinski definition) is 7. The van der Waals surface area contributed by atoms with Gasteiger partial charge in [-0.25, -0.2) is 13.6 Å². The molecule has 1 saturated heterocycles. The summed E-state index contributed by atoms with van der Waals surface area (Å²) in [5.74, 6) is 0.0428. The van der Waals surface area contributed by atoms with Crippen LogP contribution in [0.4, 0.5) is 0 Å². The number of nitrogens with zero attached hydrogens (tertiary/aromatic N) is 1. The minimum Gasteiger partial charge on any atom is -0.493 e. The molecule has 8 nitrogen and oxygen atoms in total. The van der Waals surface area contributed by atoms with Crippen molar-refractivity contribution < 1.29 is 27.8 Å². The quantitative estimate of drug-likeness (QED) is 0.660. The summed E-state index contributed by atoms with van der Waals surface area (Å²) in [5.41, 5.74) is 0.676. The number of likely N-dealkylation sites (tertiary alicyclic amines) is 1. The van der Waals surface area contributed by atoms with Gasteiger partial charge in [0, 0.05) is 5.56 Å². The third-order valence-electron chi connectivity index (χ3n) is 4.59. The number of para-hydroxylation sites is 1. The highest BCUT2D eigenvalue weighted by Gasteiger charge is 2.29. The normalized spacial score (nSPS) is 17.7. The Bertz CT molecular complexity index is 729. The van der Waals surface area contributed by atoms with E-state index in [9.17, 15) is 18.3 Å². The van der Waals surface area contributed by atoms with Crippen molar-refractivity contribution in [3.05, 3.63) is 23.8 Å². The van der Waals surface area contributed by atoms with Crippen LogP contribution in [0.5, 0.6) is 11.5 Å². The predicted molar refractivity (Wildman–Crippen MR) is 96.7 cm³/mol. The van der Waals surface area contributed by atoms with Crippen molar-refractivity contribution in [3.63, 3.8) is 0 Å². The smallest absolute Gasteiger partial charge is 0.216 e. The van der Waals surface area contributed by atoms with Gasteiger partial charge in [0.05, 0.1) is 26.9 Å². The highest BCUT2D eigenvalue weighted by Crippen LogP contribution is 2.39. The zero-order valence-electron chi connectivity index (χ0n) is 15.1. The van der Waals surface area contributed by atoms with Crippen molar-refractivity contribution in [2.45, 2.75) is 18.9 Å². The summed E-state index contributed by atoms with van der Waals surface area (Å²) in [6, 6.07) is 5.39. The molecular weight excluding hydrogens is 360 g/mol. The molecule has 1 unspecified atom stereocenters. The number of ketones is 1. The fourth-order valence-corrected chi connectivity index (χ4v) is 3.89. The maximum absolute atomic E-state index is 11.7. The summed E-state index contributed by atoms with van der Waals surface area (Å²) >= 11 is 0. The number of hydrogen-bond donors (Lipinski definition) is 2. The molecule has 1 aliphatic heterocycles. The number of ether oxygens (including phenoxy) is 2. The van der Waals surface area contributed by atoms with Gasteiger partial charge >= 0.3 is 0 Å². The molecule has 0 spiro atoms. The lowest BCUT2D eigenvalue weighted by molar-refractivity contribution is -0.118. The van der Waals surface area contributed by atoms with Crippen LogP contribution in [0.1, 0.15) is 24.5 Å². The number of aliphatic hydroxyl groups excluding tert-OH is 1. The average molecular weight is 386 g/mol. The first kappa shape index (κ1) is 20.6. The number of benzene rings is 1. The van der Waals surface area contributed by atoms with Crippen LogP contribution in [0.15, 0.2) is 18.2 Å². The Labute approximate surface area is 153 Å². The number of carbonyl (C=O) groups is 1. The second-order valence-corrected chi connectivity index (χ2v) is 8.10. The van der Waals surface area contributed by atoms with Gasteiger partial charge in [0.2, 0.25) is 10.0 Å². The third-order valence-corrected chi connectivity index (χ3v) is 5.32. The van der Waals surface area contributed by atoms with Gasteiger partial charge in [0.25, 0.3) is 0 Å². The van der Waals surface area contributed by atoms with Crippen LogP contribution >= 0.6 is 0 Å². The van der Waals surface area contributed by atoms with Gasteiger partial charge in [-0.15, -0.1) is 0 Å². The zero-order valence-corrected chi connectivity index (χ0v) is 15.9. The van der Waals surface area contributed by atoms with E-state index < -0.39 is 27.7 Å². The number of carbonyl (C=O) groups excluding carboxylic acids is 1. The second kappa shape index (κ2) is 8.81. The SMILES string of the molecule is COc1cccc(C(O)C2CCN(CC(=O)CS(N)(=O)=O)CC2)c1OC. The number of Topliss-reactive ketones (excluding diaryl/α,β-unsaturated/α-hetero) is 1. The molecule has 1 atom stereocenters. The lowest BCUT2D eigenvalue weighted by Crippen LogP contribution is -2.40. The molecule has 0 amide bonds. The number of rotatable bonds is 8. The molecule has 146 valence electrons. The first-order valence-corrected chi connectivity index (χ1v) is 10.1. The first-order chi connectivity index (χ1) is 12.2. The van der Waals surface area contributed by atoms with E-state index in [1.807, 2.05) is 11.0 Å². The Balaban J connectivity index is 1.97. The third kappa shape index (κ3) is 5.41. The van der Waals surface area contributed by atoms with Gasteiger partial charge in [-0.2, -0.15) is 0 Å². The Hall–Kier alpha value is -1.68. The Morgan fingerprint density at radius 1 is 1.31 bits per heavy atom. The van der Waals surface area contributed by atoms with E-state index in [0.29, 0.717) is 43.0 Å². The maximum Gasteiger partial charge on any atom is 0.216 e. The van der Waals surface area contributed by atoms with Gasteiger partial charge in [-0.05, 0) is 37.9 Å². The van der Waals surface area contributed by atoms with Crippen LogP contribution < -0.4 is 14.6 Å². The molecule has 0 bridgehead atoms. The van der Waals surface area contributed by atoms with Gasteiger partial charge in [0.15, 0.2) is 17.3 Å². The van der Waals surface area contributed by atoms with Crippen molar-refractivity contribution in [3.8, 4) is 11.5 Å². The molecule has 0 saturated carbocycles. The fourth-order valence-electron chi connectivity index (χ4n) is 3.35. The molecule has 1 aliphatic rings. The topological polar surface area (TPSA) is 119 Å². The van der Waals surface area contributed by atoms with Crippen LogP contribution in [0.25, 0.3) is 0 Å². The molecule has 3 N–H and O–H groups in total. The van der Waals surface area contributed by atoms with Crippen LogP contribution in [0.2, 0.25) is 0 Å². The number of methoxy groups -OCH3 is 2. The molecule has 1 aromatic carbocycles. The second-order valence-electron chi connectivity index (χ2n) is 6.49. The summed E-state index contributed by atoms with van der Waals surface area (Å²) in [4.78, 5) is 13.6. The van der Waals surface area contributed by atoms with E-state index >= 15 is 0 Å². The van der Waals surface area contributed by atoms with Gasteiger partial charge < -0.3 is 14.6 Å². The van der Waals surface area contributed by atoms with Crippen LogP contribution in [0, 0.1) is 5.92 Å². The average Bonchev–Trinajstić information content (AvgIpc) is 2.59.